The molecule has 0 radical (unpaired) electrons. The number of rotatable bonds is 6. The van der Waals surface area contributed by atoms with Crippen LogP contribution in [0.5, 0.6) is 0 Å². The number of halogens is 2. The molecule has 2 saturated heterocycles. The van der Waals surface area contributed by atoms with Crippen LogP contribution in [0.1, 0.15) is 69.4 Å². The van der Waals surface area contributed by atoms with Gasteiger partial charge >= 0.3 is 0 Å². The Kier molecular flexibility index (Phi) is 8.56. The molecule has 9 nitrogen and oxygen atoms in total. The van der Waals surface area contributed by atoms with E-state index in [1.807, 2.05) is 0 Å². The fourth-order valence-corrected chi connectivity index (χ4v) is 7.35. The predicted octanol–water partition coefficient (Wildman–Crippen LogP) is 3.71. The summed E-state index contributed by atoms with van der Waals surface area (Å²) in [4.78, 5) is 32.4. The molecule has 5 rings (SSSR count). The highest BCUT2D eigenvalue weighted by Crippen LogP contribution is 2.33. The van der Waals surface area contributed by atoms with Gasteiger partial charge in [-0.05, 0) is 112 Å². The third kappa shape index (κ3) is 5.94. The number of sulfonamides is 1. The molecular formula is C32H38F2N4O5S. The van der Waals surface area contributed by atoms with Gasteiger partial charge in [-0.15, -0.1) is 0 Å². The van der Waals surface area contributed by atoms with Gasteiger partial charge in [0.15, 0.2) is 0 Å². The highest BCUT2D eigenvalue weighted by Gasteiger charge is 2.47. The zero-order valence-corrected chi connectivity index (χ0v) is 26.2. The van der Waals surface area contributed by atoms with Crippen molar-refractivity contribution in [3.63, 3.8) is 0 Å². The first kappa shape index (κ1) is 31.9. The molecule has 236 valence electrons. The highest BCUT2D eigenvalue weighted by atomic mass is 32.2. The first-order valence-corrected chi connectivity index (χ1v) is 16.2. The number of benzene rings is 2. The van der Waals surface area contributed by atoms with Crippen molar-refractivity contribution in [3.8, 4) is 0 Å². The Labute approximate surface area is 256 Å². The molecule has 12 heteroatoms. The van der Waals surface area contributed by atoms with Crippen molar-refractivity contribution in [2.75, 3.05) is 32.9 Å². The quantitative estimate of drug-likeness (QED) is 0.506. The number of alkyl halides is 1. The molecular weight excluding hydrogens is 590 g/mol. The van der Waals surface area contributed by atoms with Gasteiger partial charge in [-0.3, -0.25) is 14.6 Å². The molecule has 2 amide bonds. The second kappa shape index (κ2) is 11.8. The fourth-order valence-electron chi connectivity index (χ4n) is 6.18. The summed E-state index contributed by atoms with van der Waals surface area (Å²) >= 11 is 0. The number of aryl methyl sites for hydroxylation is 2. The van der Waals surface area contributed by atoms with Gasteiger partial charge in [0.2, 0.25) is 10.0 Å². The number of amides is 2. The average Bonchev–Trinajstić information content (AvgIpc) is 3.30. The monoisotopic (exact) mass is 628 g/mol. The third-order valence-electron chi connectivity index (χ3n) is 9.34. The number of hydrogen-bond acceptors (Lipinski definition) is 6. The van der Waals surface area contributed by atoms with E-state index < -0.39 is 27.8 Å². The lowest BCUT2D eigenvalue weighted by Crippen LogP contribution is -2.50. The van der Waals surface area contributed by atoms with Crippen molar-refractivity contribution < 1.29 is 31.9 Å². The average molecular weight is 629 g/mol. The molecule has 0 unspecified atom stereocenters. The van der Waals surface area contributed by atoms with E-state index >= 15 is 0 Å². The predicted molar refractivity (Wildman–Crippen MR) is 164 cm³/mol. The summed E-state index contributed by atoms with van der Waals surface area (Å²) in [6.45, 7) is 6.94. The van der Waals surface area contributed by atoms with Crippen LogP contribution in [0, 0.1) is 33.5 Å². The summed E-state index contributed by atoms with van der Waals surface area (Å²) < 4.78 is 55.0. The molecule has 0 saturated carbocycles. The number of likely N-dealkylation sites (tertiary alicyclic amines) is 1. The number of aliphatic imine (C=N–C) groups is 1. The lowest BCUT2D eigenvalue weighted by Gasteiger charge is -2.36. The summed E-state index contributed by atoms with van der Waals surface area (Å²) in [5.74, 6) is -0.458. The molecule has 1 spiro atoms. The van der Waals surface area contributed by atoms with E-state index in [9.17, 15) is 31.9 Å². The number of nitrogens with zero attached hydrogens (tertiary/aromatic N) is 3. The zero-order valence-electron chi connectivity index (χ0n) is 25.4. The molecule has 0 atom stereocenters. The number of aliphatic hydroxyl groups is 1. The Morgan fingerprint density at radius 2 is 1.64 bits per heavy atom. The van der Waals surface area contributed by atoms with Gasteiger partial charge in [0.25, 0.3) is 11.8 Å². The summed E-state index contributed by atoms with van der Waals surface area (Å²) in [7, 11) is -3.82. The third-order valence-corrected chi connectivity index (χ3v) is 10.9. The second-order valence-electron chi connectivity index (χ2n) is 12.2. The van der Waals surface area contributed by atoms with Crippen LogP contribution < -0.4 is 5.32 Å². The van der Waals surface area contributed by atoms with Crippen molar-refractivity contribution in [3.05, 3.63) is 74.4 Å². The molecule has 3 aliphatic heterocycles. The molecule has 44 heavy (non-hydrogen) atoms. The van der Waals surface area contributed by atoms with Crippen molar-refractivity contribution >= 4 is 33.7 Å². The standard InChI is InChI=1S/C32H38F2N4O5S/c1-20-17-24(29(39)37-12-8-31(41,19-33)9-13-37)18-21(2)25(20)7-16-44(42,43)38-14-10-32(11-15-38)30(40)35-28(36-32)26-5-6-27(34)23(4)22(26)3/h5-7,16-18,41H,8-15,19H2,1-4H3,(H,35,36,40). The Morgan fingerprint density at radius 1 is 1.02 bits per heavy atom. The Bertz CT molecular complexity index is 1650. The molecule has 0 bridgehead atoms. The summed E-state index contributed by atoms with van der Waals surface area (Å²) in [5.41, 5.74) is 1.95. The smallest absolute Gasteiger partial charge is 0.253 e. The summed E-state index contributed by atoms with van der Waals surface area (Å²) in [6, 6.07) is 6.36. The maximum atomic E-state index is 14.0. The minimum absolute atomic E-state index is 0.108. The van der Waals surface area contributed by atoms with Crippen LogP contribution in [0.3, 0.4) is 0 Å². The van der Waals surface area contributed by atoms with Crippen molar-refractivity contribution in [1.29, 1.82) is 0 Å². The number of carbonyl (C=O) groups excluding carboxylic acids is 2. The molecule has 2 N–H and O–H groups in total. The normalized spacial score (nSPS) is 20.3. The van der Waals surface area contributed by atoms with Crippen LogP contribution in [0.4, 0.5) is 8.78 Å². The van der Waals surface area contributed by atoms with E-state index in [-0.39, 0.29) is 69.5 Å². The van der Waals surface area contributed by atoms with E-state index in [2.05, 4.69) is 5.32 Å². The molecule has 0 aliphatic carbocycles. The summed E-state index contributed by atoms with van der Waals surface area (Å²) in [5, 5.41) is 14.1. The topological polar surface area (TPSA) is 119 Å². The van der Waals surface area contributed by atoms with Gasteiger partial charge in [-0.2, -0.15) is 4.31 Å². The van der Waals surface area contributed by atoms with E-state index in [1.54, 1.807) is 50.8 Å². The van der Waals surface area contributed by atoms with E-state index in [1.165, 1.54) is 16.4 Å². The van der Waals surface area contributed by atoms with Crippen molar-refractivity contribution in [2.45, 2.75) is 64.5 Å². The number of nitrogens with one attached hydrogen (secondary N) is 1. The van der Waals surface area contributed by atoms with Crippen LogP contribution in [-0.2, 0) is 14.8 Å². The van der Waals surface area contributed by atoms with Crippen LogP contribution in [0.2, 0.25) is 0 Å². The second-order valence-corrected chi connectivity index (χ2v) is 14.0. The highest BCUT2D eigenvalue weighted by molar-refractivity contribution is 7.92. The minimum Gasteiger partial charge on any atom is -0.387 e. The Morgan fingerprint density at radius 3 is 2.23 bits per heavy atom. The lowest BCUT2D eigenvalue weighted by molar-refractivity contribution is -0.124. The first-order chi connectivity index (χ1) is 20.7. The SMILES string of the molecule is Cc1cc(C(=O)N2CCC(O)(CF)CC2)cc(C)c1C=CS(=O)(=O)N1CCC2(CC1)N=C(c1ccc(F)c(C)c1C)NC2=O. The fraction of sp³-hybridized carbons (Fsp3) is 0.469. The van der Waals surface area contributed by atoms with Gasteiger partial charge in [-0.1, -0.05) is 0 Å². The number of hydrogen-bond donors (Lipinski definition) is 2. The van der Waals surface area contributed by atoms with Gasteiger partial charge in [0.1, 0.15) is 23.9 Å². The van der Waals surface area contributed by atoms with Gasteiger partial charge in [-0.25, -0.2) is 17.2 Å². The Hall–Kier alpha value is -3.48. The Balaban J connectivity index is 1.26. The zero-order chi connectivity index (χ0) is 32.0. The largest absolute Gasteiger partial charge is 0.387 e. The molecule has 2 aromatic rings. The van der Waals surface area contributed by atoms with Crippen LogP contribution in [0.25, 0.3) is 6.08 Å². The molecule has 0 aromatic heterocycles. The molecule has 3 aliphatic rings. The summed E-state index contributed by atoms with van der Waals surface area (Å²) in [6.07, 6.45) is 2.30. The van der Waals surface area contributed by atoms with Crippen molar-refractivity contribution in [1.82, 2.24) is 14.5 Å². The van der Waals surface area contributed by atoms with Gasteiger partial charge < -0.3 is 15.3 Å². The maximum Gasteiger partial charge on any atom is 0.253 e. The molecule has 2 aromatic carbocycles. The minimum atomic E-state index is -3.82. The van der Waals surface area contributed by atoms with E-state index in [4.69, 9.17) is 4.99 Å². The van der Waals surface area contributed by atoms with E-state index in [0.717, 1.165) is 16.5 Å². The van der Waals surface area contributed by atoms with E-state index in [0.29, 0.717) is 33.7 Å². The number of amidine groups is 1. The van der Waals surface area contributed by atoms with Gasteiger partial charge in [0.05, 0.1) is 5.60 Å². The van der Waals surface area contributed by atoms with Crippen LogP contribution >= 0.6 is 0 Å². The number of carbonyl (C=O) groups is 2. The maximum absolute atomic E-state index is 14.0. The lowest BCUT2D eigenvalue weighted by atomic mass is 9.89. The van der Waals surface area contributed by atoms with Crippen molar-refractivity contribution in [2.24, 2.45) is 4.99 Å². The first-order valence-electron chi connectivity index (χ1n) is 14.7. The van der Waals surface area contributed by atoms with Gasteiger partial charge in [0, 0.05) is 42.7 Å². The van der Waals surface area contributed by atoms with Crippen LogP contribution in [-0.4, -0.2) is 84.4 Å². The number of piperidine rings is 2. The molecule has 2 fully saturated rings. The van der Waals surface area contributed by atoms with Crippen LogP contribution in [0.15, 0.2) is 34.7 Å². The molecule has 3 heterocycles.